The van der Waals surface area contributed by atoms with Crippen LogP contribution in [0, 0.1) is 0 Å². The van der Waals surface area contributed by atoms with Crippen LogP contribution in [0.5, 0.6) is 0 Å². The lowest BCUT2D eigenvalue weighted by Crippen LogP contribution is -2.50. The van der Waals surface area contributed by atoms with Gasteiger partial charge in [0, 0.05) is 18.8 Å². The fraction of sp³-hybridized carbons (Fsp3) is 0.533. The molecule has 0 aromatic heterocycles. The van der Waals surface area contributed by atoms with Crippen molar-refractivity contribution in [2.75, 3.05) is 12.0 Å². The fourth-order valence-corrected chi connectivity index (χ4v) is 2.51. The van der Waals surface area contributed by atoms with E-state index in [4.69, 9.17) is 4.74 Å². The minimum absolute atomic E-state index is 0.0601. The van der Waals surface area contributed by atoms with Crippen molar-refractivity contribution in [1.29, 1.82) is 0 Å². The van der Waals surface area contributed by atoms with Crippen molar-refractivity contribution >= 4 is 11.6 Å². The first-order valence-corrected chi connectivity index (χ1v) is 6.50. The third-order valence-electron chi connectivity index (χ3n) is 4.00. The van der Waals surface area contributed by atoms with Gasteiger partial charge in [-0.05, 0) is 38.3 Å². The predicted octanol–water partition coefficient (Wildman–Crippen LogP) is 2.78. The Kier molecular flexibility index (Phi) is 3.44. The van der Waals surface area contributed by atoms with Crippen LogP contribution in [0.4, 0.5) is 5.69 Å². The Balaban J connectivity index is 2.37. The number of carbonyl (C=O) groups is 1. The van der Waals surface area contributed by atoms with Crippen LogP contribution in [-0.4, -0.2) is 24.7 Å². The lowest BCUT2D eigenvalue weighted by Gasteiger charge is -2.33. The maximum Gasteiger partial charge on any atom is 0.259 e. The standard InChI is InChI=1S/C15H21NO2/c1-5-15(3,18-4)14(17)16-11(2)10-12-8-6-7-9-13(12)16/h6-9,11H,5,10H2,1-4H3. The van der Waals surface area contributed by atoms with E-state index in [9.17, 15) is 4.79 Å². The number of anilines is 1. The molecule has 18 heavy (non-hydrogen) atoms. The quantitative estimate of drug-likeness (QED) is 0.822. The van der Waals surface area contributed by atoms with Crippen molar-refractivity contribution in [2.45, 2.75) is 45.3 Å². The molecule has 1 aliphatic heterocycles. The molecule has 0 saturated heterocycles. The van der Waals surface area contributed by atoms with Gasteiger partial charge in [0.05, 0.1) is 0 Å². The molecular formula is C15H21NO2. The fourth-order valence-electron chi connectivity index (χ4n) is 2.51. The van der Waals surface area contributed by atoms with Gasteiger partial charge in [0.1, 0.15) is 5.60 Å². The summed E-state index contributed by atoms with van der Waals surface area (Å²) in [5, 5.41) is 0. The Bertz CT molecular complexity index is 452. The second-order valence-electron chi connectivity index (χ2n) is 5.15. The summed E-state index contributed by atoms with van der Waals surface area (Å²) in [6.45, 7) is 5.93. The highest BCUT2D eigenvalue weighted by molar-refractivity contribution is 6.01. The van der Waals surface area contributed by atoms with Crippen molar-refractivity contribution in [3.63, 3.8) is 0 Å². The van der Waals surface area contributed by atoms with E-state index in [-0.39, 0.29) is 11.9 Å². The third-order valence-corrected chi connectivity index (χ3v) is 4.00. The normalized spacial score (nSPS) is 21.6. The molecule has 1 amide bonds. The molecule has 0 N–H and O–H groups in total. The Labute approximate surface area is 109 Å². The molecule has 0 bridgehead atoms. The molecule has 98 valence electrons. The second-order valence-corrected chi connectivity index (χ2v) is 5.15. The second kappa shape index (κ2) is 4.73. The van der Waals surface area contributed by atoms with Crippen LogP contribution in [0.1, 0.15) is 32.8 Å². The van der Waals surface area contributed by atoms with E-state index in [1.807, 2.05) is 36.9 Å². The summed E-state index contributed by atoms with van der Waals surface area (Å²) in [5.74, 6) is 0.0601. The lowest BCUT2D eigenvalue weighted by atomic mass is 10.0. The van der Waals surface area contributed by atoms with Gasteiger partial charge in [-0.25, -0.2) is 0 Å². The zero-order valence-corrected chi connectivity index (χ0v) is 11.6. The summed E-state index contributed by atoms with van der Waals surface area (Å²) >= 11 is 0. The van der Waals surface area contributed by atoms with Crippen LogP contribution in [0.25, 0.3) is 0 Å². The van der Waals surface area contributed by atoms with E-state index >= 15 is 0 Å². The third kappa shape index (κ3) is 1.93. The number of ether oxygens (including phenoxy) is 1. The first-order chi connectivity index (χ1) is 8.53. The highest BCUT2D eigenvalue weighted by atomic mass is 16.5. The zero-order valence-electron chi connectivity index (χ0n) is 11.6. The van der Waals surface area contributed by atoms with Gasteiger partial charge in [-0.1, -0.05) is 25.1 Å². The molecule has 3 nitrogen and oxygen atoms in total. The maximum absolute atomic E-state index is 12.7. The number of para-hydroxylation sites is 1. The first kappa shape index (κ1) is 13.1. The largest absolute Gasteiger partial charge is 0.369 e. The van der Waals surface area contributed by atoms with E-state index in [2.05, 4.69) is 13.0 Å². The molecule has 1 aliphatic rings. The zero-order chi connectivity index (χ0) is 13.3. The summed E-state index contributed by atoms with van der Waals surface area (Å²) in [6, 6.07) is 8.32. The van der Waals surface area contributed by atoms with E-state index in [1.165, 1.54) is 5.56 Å². The first-order valence-electron chi connectivity index (χ1n) is 6.50. The average Bonchev–Trinajstić information content (AvgIpc) is 2.72. The van der Waals surface area contributed by atoms with Gasteiger partial charge in [0.15, 0.2) is 0 Å². The lowest BCUT2D eigenvalue weighted by molar-refractivity contribution is -0.139. The van der Waals surface area contributed by atoms with Gasteiger partial charge in [-0.3, -0.25) is 4.79 Å². The molecular weight excluding hydrogens is 226 g/mol. The predicted molar refractivity (Wildman–Crippen MR) is 72.8 cm³/mol. The molecule has 0 aliphatic carbocycles. The molecule has 2 unspecified atom stereocenters. The molecule has 0 spiro atoms. The SMILES string of the molecule is CCC(C)(OC)C(=O)N1c2ccccc2CC1C. The number of methoxy groups -OCH3 is 1. The monoisotopic (exact) mass is 247 g/mol. The van der Waals surface area contributed by atoms with Gasteiger partial charge < -0.3 is 9.64 Å². The topological polar surface area (TPSA) is 29.5 Å². The number of nitrogens with zero attached hydrogens (tertiary/aromatic N) is 1. The minimum Gasteiger partial charge on any atom is -0.369 e. The van der Waals surface area contributed by atoms with E-state index in [1.54, 1.807) is 7.11 Å². The molecule has 0 fully saturated rings. The minimum atomic E-state index is -0.730. The Morgan fingerprint density at radius 2 is 2.17 bits per heavy atom. The number of benzene rings is 1. The van der Waals surface area contributed by atoms with Gasteiger partial charge in [-0.15, -0.1) is 0 Å². The molecule has 3 heteroatoms. The molecule has 1 aromatic rings. The molecule has 2 rings (SSSR count). The average molecular weight is 247 g/mol. The highest BCUT2D eigenvalue weighted by Crippen LogP contribution is 2.34. The summed E-state index contributed by atoms with van der Waals surface area (Å²) in [6.07, 6.45) is 1.60. The molecule has 0 radical (unpaired) electrons. The summed E-state index contributed by atoms with van der Waals surface area (Å²) in [7, 11) is 1.61. The number of hydrogen-bond acceptors (Lipinski definition) is 2. The highest BCUT2D eigenvalue weighted by Gasteiger charge is 2.40. The van der Waals surface area contributed by atoms with Crippen molar-refractivity contribution in [1.82, 2.24) is 0 Å². The van der Waals surface area contributed by atoms with Crippen LogP contribution < -0.4 is 4.90 Å². The number of hydrogen-bond donors (Lipinski definition) is 0. The van der Waals surface area contributed by atoms with E-state index < -0.39 is 5.60 Å². The smallest absolute Gasteiger partial charge is 0.259 e. The van der Waals surface area contributed by atoms with Crippen molar-refractivity contribution in [2.24, 2.45) is 0 Å². The number of fused-ring (bicyclic) bond motifs is 1. The summed E-state index contributed by atoms with van der Waals surface area (Å²) in [4.78, 5) is 14.6. The maximum atomic E-state index is 12.7. The van der Waals surface area contributed by atoms with Crippen LogP contribution in [0.15, 0.2) is 24.3 Å². The Hall–Kier alpha value is -1.35. The molecule has 0 saturated carbocycles. The van der Waals surface area contributed by atoms with Crippen LogP contribution in [0.2, 0.25) is 0 Å². The Morgan fingerprint density at radius 3 is 2.78 bits per heavy atom. The molecule has 1 aromatic carbocycles. The number of amides is 1. The molecule has 2 atom stereocenters. The van der Waals surface area contributed by atoms with Crippen LogP contribution in [-0.2, 0) is 16.0 Å². The van der Waals surface area contributed by atoms with Gasteiger partial charge >= 0.3 is 0 Å². The van der Waals surface area contributed by atoms with Gasteiger partial charge in [0.25, 0.3) is 5.91 Å². The Morgan fingerprint density at radius 1 is 1.50 bits per heavy atom. The van der Waals surface area contributed by atoms with Gasteiger partial charge in [-0.2, -0.15) is 0 Å². The van der Waals surface area contributed by atoms with Crippen molar-refractivity contribution in [3.05, 3.63) is 29.8 Å². The van der Waals surface area contributed by atoms with Crippen LogP contribution in [0.3, 0.4) is 0 Å². The van der Waals surface area contributed by atoms with Crippen molar-refractivity contribution < 1.29 is 9.53 Å². The number of carbonyl (C=O) groups excluding carboxylic acids is 1. The summed E-state index contributed by atoms with van der Waals surface area (Å²) in [5.41, 5.74) is 1.55. The van der Waals surface area contributed by atoms with E-state index in [0.29, 0.717) is 6.42 Å². The summed E-state index contributed by atoms with van der Waals surface area (Å²) < 4.78 is 5.43. The van der Waals surface area contributed by atoms with E-state index in [0.717, 1.165) is 12.1 Å². The van der Waals surface area contributed by atoms with Gasteiger partial charge in [0.2, 0.25) is 0 Å². The van der Waals surface area contributed by atoms with Crippen LogP contribution >= 0.6 is 0 Å². The van der Waals surface area contributed by atoms with Crippen molar-refractivity contribution in [3.8, 4) is 0 Å². The molecule has 1 heterocycles. The number of rotatable bonds is 3.